The van der Waals surface area contributed by atoms with Gasteiger partial charge in [0.2, 0.25) is 0 Å². The topological polar surface area (TPSA) is 38.1 Å². The first-order valence-corrected chi connectivity index (χ1v) is 4.51. The Morgan fingerprint density at radius 2 is 2.23 bits per heavy atom. The molecule has 0 spiro atoms. The van der Waals surface area contributed by atoms with Crippen molar-refractivity contribution in [2.45, 2.75) is 18.9 Å². The molecule has 0 atom stereocenters. The molecule has 13 heavy (non-hydrogen) atoms. The standard InChI is InChI=1S/C10H10N2O/c13-9-4-1-7-6-11-12(8-2-3-8)10(7)5-9/h1,4-6,8,13H,2-3H2. The van der Waals surface area contributed by atoms with Gasteiger partial charge >= 0.3 is 0 Å². The quantitative estimate of drug-likeness (QED) is 0.718. The molecular weight excluding hydrogens is 164 g/mol. The summed E-state index contributed by atoms with van der Waals surface area (Å²) in [6.07, 6.45) is 4.28. The highest BCUT2D eigenvalue weighted by Crippen LogP contribution is 2.37. The maximum absolute atomic E-state index is 9.33. The minimum Gasteiger partial charge on any atom is -0.508 e. The molecule has 0 aliphatic heterocycles. The Kier molecular flexibility index (Phi) is 1.20. The predicted octanol–water partition coefficient (Wildman–Crippen LogP) is 2.08. The molecule has 1 heterocycles. The van der Waals surface area contributed by atoms with Crippen molar-refractivity contribution in [3.05, 3.63) is 24.4 Å². The summed E-state index contributed by atoms with van der Waals surface area (Å²) in [5, 5.41) is 14.7. The van der Waals surface area contributed by atoms with Gasteiger partial charge < -0.3 is 5.11 Å². The summed E-state index contributed by atoms with van der Waals surface area (Å²) in [5.41, 5.74) is 1.04. The smallest absolute Gasteiger partial charge is 0.117 e. The second-order valence-electron chi connectivity index (χ2n) is 3.56. The van der Waals surface area contributed by atoms with Crippen molar-refractivity contribution in [1.29, 1.82) is 0 Å². The third-order valence-corrected chi connectivity index (χ3v) is 2.47. The second-order valence-corrected chi connectivity index (χ2v) is 3.56. The van der Waals surface area contributed by atoms with E-state index in [0.717, 1.165) is 10.9 Å². The van der Waals surface area contributed by atoms with Crippen LogP contribution in [0, 0.1) is 0 Å². The van der Waals surface area contributed by atoms with Crippen LogP contribution in [0.4, 0.5) is 0 Å². The molecule has 1 fully saturated rings. The number of benzene rings is 1. The minimum absolute atomic E-state index is 0.315. The zero-order valence-corrected chi connectivity index (χ0v) is 7.14. The van der Waals surface area contributed by atoms with Gasteiger partial charge in [0.15, 0.2) is 0 Å². The number of fused-ring (bicyclic) bond motifs is 1. The Labute approximate surface area is 75.6 Å². The molecular formula is C10H10N2O. The number of nitrogens with zero attached hydrogens (tertiary/aromatic N) is 2. The summed E-state index contributed by atoms with van der Waals surface area (Å²) in [4.78, 5) is 0. The van der Waals surface area contributed by atoms with Gasteiger partial charge in [-0.05, 0) is 25.0 Å². The van der Waals surface area contributed by atoms with Crippen molar-refractivity contribution in [3.63, 3.8) is 0 Å². The van der Waals surface area contributed by atoms with Crippen LogP contribution in [-0.2, 0) is 0 Å². The van der Waals surface area contributed by atoms with Crippen molar-refractivity contribution in [2.75, 3.05) is 0 Å². The predicted molar refractivity (Wildman–Crippen MR) is 49.7 cm³/mol. The molecule has 0 unspecified atom stereocenters. The van der Waals surface area contributed by atoms with Crippen molar-refractivity contribution in [2.24, 2.45) is 0 Å². The summed E-state index contributed by atoms with van der Waals surface area (Å²) in [6, 6.07) is 5.94. The Morgan fingerprint density at radius 3 is 3.00 bits per heavy atom. The molecule has 1 aliphatic carbocycles. The first kappa shape index (κ1) is 6.95. The molecule has 66 valence electrons. The lowest BCUT2D eigenvalue weighted by molar-refractivity contribution is 0.475. The van der Waals surface area contributed by atoms with Crippen LogP contribution in [0.2, 0.25) is 0 Å². The van der Waals surface area contributed by atoms with Crippen LogP contribution in [0.3, 0.4) is 0 Å². The lowest BCUT2D eigenvalue weighted by Gasteiger charge is -1.99. The number of aromatic nitrogens is 2. The van der Waals surface area contributed by atoms with Crippen LogP contribution in [0.5, 0.6) is 5.75 Å². The second kappa shape index (κ2) is 2.25. The fourth-order valence-electron chi connectivity index (χ4n) is 1.64. The van der Waals surface area contributed by atoms with E-state index in [-0.39, 0.29) is 0 Å². The Balaban J connectivity index is 2.29. The zero-order chi connectivity index (χ0) is 8.84. The zero-order valence-electron chi connectivity index (χ0n) is 7.14. The molecule has 1 N–H and O–H groups in total. The molecule has 0 bridgehead atoms. The van der Waals surface area contributed by atoms with Crippen LogP contribution < -0.4 is 0 Å². The molecule has 0 saturated heterocycles. The van der Waals surface area contributed by atoms with Gasteiger partial charge in [0.1, 0.15) is 5.75 Å². The number of rotatable bonds is 1. The van der Waals surface area contributed by atoms with Crippen LogP contribution in [0.25, 0.3) is 10.9 Å². The van der Waals surface area contributed by atoms with Crippen LogP contribution in [0.1, 0.15) is 18.9 Å². The summed E-state index contributed by atoms with van der Waals surface area (Å²) in [7, 11) is 0. The molecule has 1 aromatic heterocycles. The summed E-state index contributed by atoms with van der Waals surface area (Å²) >= 11 is 0. The van der Waals surface area contributed by atoms with Crippen LogP contribution >= 0.6 is 0 Å². The van der Waals surface area contributed by atoms with Gasteiger partial charge in [-0.3, -0.25) is 4.68 Å². The number of aromatic hydroxyl groups is 1. The molecule has 0 amide bonds. The molecule has 1 saturated carbocycles. The number of phenolic OH excluding ortho intramolecular Hbond substituents is 1. The van der Waals surface area contributed by atoms with E-state index in [9.17, 15) is 5.11 Å². The first-order chi connectivity index (χ1) is 6.34. The highest BCUT2D eigenvalue weighted by Gasteiger charge is 2.25. The van der Waals surface area contributed by atoms with E-state index >= 15 is 0 Å². The highest BCUT2D eigenvalue weighted by molar-refractivity contribution is 5.80. The third-order valence-electron chi connectivity index (χ3n) is 2.47. The van der Waals surface area contributed by atoms with Gasteiger partial charge in [-0.1, -0.05) is 0 Å². The lowest BCUT2D eigenvalue weighted by Crippen LogP contribution is -1.94. The Morgan fingerprint density at radius 1 is 1.38 bits per heavy atom. The summed E-state index contributed by atoms with van der Waals surface area (Å²) in [5.74, 6) is 0.315. The van der Waals surface area contributed by atoms with Gasteiger partial charge in [-0.25, -0.2) is 0 Å². The van der Waals surface area contributed by atoms with E-state index in [0.29, 0.717) is 11.8 Å². The van der Waals surface area contributed by atoms with Crippen LogP contribution in [-0.4, -0.2) is 14.9 Å². The third kappa shape index (κ3) is 1.00. The van der Waals surface area contributed by atoms with E-state index < -0.39 is 0 Å². The average molecular weight is 174 g/mol. The maximum Gasteiger partial charge on any atom is 0.117 e. The molecule has 0 radical (unpaired) electrons. The normalized spacial score (nSPS) is 16.6. The first-order valence-electron chi connectivity index (χ1n) is 4.51. The largest absolute Gasteiger partial charge is 0.508 e. The van der Waals surface area contributed by atoms with Crippen molar-refractivity contribution in [3.8, 4) is 5.75 Å². The SMILES string of the molecule is Oc1ccc2cnn(C3CC3)c2c1. The fourth-order valence-corrected chi connectivity index (χ4v) is 1.64. The Bertz CT molecular complexity index is 457. The number of phenols is 1. The van der Waals surface area contributed by atoms with Crippen molar-refractivity contribution >= 4 is 10.9 Å². The molecule has 2 aromatic rings. The Hall–Kier alpha value is -1.51. The summed E-state index contributed by atoms with van der Waals surface area (Å²) < 4.78 is 2.01. The van der Waals surface area contributed by atoms with Crippen molar-refractivity contribution in [1.82, 2.24) is 9.78 Å². The molecule has 1 aromatic carbocycles. The lowest BCUT2D eigenvalue weighted by atomic mass is 10.2. The van der Waals surface area contributed by atoms with E-state index in [1.165, 1.54) is 12.8 Å². The summed E-state index contributed by atoms with van der Waals surface area (Å²) in [6.45, 7) is 0. The molecule has 3 nitrogen and oxygen atoms in total. The molecule has 3 heteroatoms. The van der Waals surface area contributed by atoms with Gasteiger partial charge in [0.05, 0.1) is 17.8 Å². The monoisotopic (exact) mass is 174 g/mol. The number of hydrogen-bond acceptors (Lipinski definition) is 2. The van der Waals surface area contributed by atoms with Gasteiger partial charge in [0, 0.05) is 11.5 Å². The minimum atomic E-state index is 0.315. The van der Waals surface area contributed by atoms with E-state index in [2.05, 4.69) is 5.10 Å². The van der Waals surface area contributed by atoms with Gasteiger partial charge in [-0.2, -0.15) is 5.10 Å². The maximum atomic E-state index is 9.33. The average Bonchev–Trinajstić information content (AvgIpc) is 2.87. The van der Waals surface area contributed by atoms with E-state index in [1.807, 2.05) is 16.9 Å². The van der Waals surface area contributed by atoms with E-state index in [4.69, 9.17) is 0 Å². The van der Waals surface area contributed by atoms with Gasteiger partial charge in [-0.15, -0.1) is 0 Å². The molecule has 1 aliphatic rings. The number of hydrogen-bond donors (Lipinski definition) is 1. The highest BCUT2D eigenvalue weighted by atomic mass is 16.3. The van der Waals surface area contributed by atoms with Gasteiger partial charge in [0.25, 0.3) is 0 Å². The fraction of sp³-hybridized carbons (Fsp3) is 0.300. The van der Waals surface area contributed by atoms with E-state index in [1.54, 1.807) is 12.1 Å². The van der Waals surface area contributed by atoms with Crippen LogP contribution in [0.15, 0.2) is 24.4 Å². The molecule has 3 rings (SSSR count). The van der Waals surface area contributed by atoms with Crippen molar-refractivity contribution < 1.29 is 5.11 Å².